The fourth-order valence-electron chi connectivity index (χ4n) is 4.65. The topological polar surface area (TPSA) is 125 Å². The smallest absolute Gasteiger partial charge is 0.229 e. The Kier molecular flexibility index (Phi) is 4.67. The average molecular weight is 459 g/mol. The summed E-state index contributed by atoms with van der Waals surface area (Å²) in [6.45, 7) is 0. The number of carbonyl (C=O) groups excluding carboxylic acids is 1. The Morgan fingerprint density at radius 1 is 1.32 bits per heavy atom. The second-order valence-electron chi connectivity index (χ2n) is 7.68. The van der Waals surface area contributed by atoms with Gasteiger partial charge in [-0.1, -0.05) is 11.6 Å². The summed E-state index contributed by atoms with van der Waals surface area (Å²) in [5, 5.41) is 27.0. The number of nitrogens with zero attached hydrogens (tertiary/aromatic N) is 4. The van der Waals surface area contributed by atoms with Crippen LogP contribution in [0.4, 0.5) is 5.82 Å². The van der Waals surface area contributed by atoms with Crippen LogP contribution in [0.5, 0.6) is 0 Å². The van der Waals surface area contributed by atoms with E-state index in [1.54, 1.807) is 24.0 Å². The number of rotatable bonds is 3. The number of thiophene rings is 1. The minimum atomic E-state index is -1.16. The summed E-state index contributed by atoms with van der Waals surface area (Å²) in [5.74, 6) is 6.25. The van der Waals surface area contributed by atoms with Crippen molar-refractivity contribution in [1.29, 1.82) is 0 Å². The van der Waals surface area contributed by atoms with E-state index in [1.807, 2.05) is 6.07 Å². The van der Waals surface area contributed by atoms with Crippen molar-refractivity contribution in [2.45, 2.75) is 24.7 Å². The first-order valence-corrected chi connectivity index (χ1v) is 10.9. The molecule has 3 aromatic rings. The highest BCUT2D eigenvalue weighted by Gasteiger charge is 2.75. The monoisotopic (exact) mass is 458 g/mol. The molecular formula is C20H19ClN6O3S. The number of amides is 1. The van der Waals surface area contributed by atoms with E-state index in [9.17, 15) is 15.0 Å². The highest BCUT2D eigenvalue weighted by molar-refractivity contribution is 7.16. The third-order valence-electron chi connectivity index (χ3n) is 6.17. The van der Waals surface area contributed by atoms with E-state index in [4.69, 9.17) is 11.6 Å². The van der Waals surface area contributed by atoms with Gasteiger partial charge in [0.25, 0.3) is 0 Å². The molecule has 1 amide bonds. The largest absolute Gasteiger partial charge is 0.389 e. The molecule has 0 radical (unpaired) electrons. The lowest BCUT2D eigenvalue weighted by Gasteiger charge is -2.23. The minimum Gasteiger partial charge on any atom is -0.389 e. The van der Waals surface area contributed by atoms with Gasteiger partial charge in [0.15, 0.2) is 17.0 Å². The number of halogens is 1. The maximum absolute atomic E-state index is 12.4. The molecule has 2 saturated carbocycles. The van der Waals surface area contributed by atoms with Crippen molar-refractivity contribution in [3.63, 3.8) is 0 Å². The first kappa shape index (κ1) is 20.2. The molecule has 0 bridgehead atoms. The molecule has 2 unspecified atom stereocenters. The highest BCUT2D eigenvalue weighted by atomic mass is 35.5. The summed E-state index contributed by atoms with van der Waals surface area (Å²) in [5.41, 5.74) is 0.0192. The third kappa shape index (κ3) is 2.92. The molecule has 3 heterocycles. The van der Waals surface area contributed by atoms with Gasteiger partial charge in [-0.2, -0.15) is 0 Å². The zero-order valence-electron chi connectivity index (χ0n) is 16.6. The molecule has 5 rings (SSSR count). The van der Waals surface area contributed by atoms with Crippen LogP contribution in [-0.4, -0.2) is 61.9 Å². The van der Waals surface area contributed by atoms with Crippen LogP contribution in [0.25, 0.3) is 11.2 Å². The number of aliphatic hydroxyl groups excluding tert-OH is 2. The number of imidazole rings is 1. The van der Waals surface area contributed by atoms with Crippen molar-refractivity contribution in [2.75, 3.05) is 19.4 Å². The number of nitrogens with one attached hydrogen (secondary N) is 2. The summed E-state index contributed by atoms with van der Waals surface area (Å²) in [4.78, 5) is 26.6. The third-order valence-corrected chi connectivity index (χ3v) is 7.32. The second kappa shape index (κ2) is 7.17. The van der Waals surface area contributed by atoms with E-state index in [-0.39, 0.29) is 17.6 Å². The predicted molar refractivity (Wildman–Crippen MR) is 116 cm³/mol. The van der Waals surface area contributed by atoms with E-state index in [1.165, 1.54) is 18.4 Å². The maximum atomic E-state index is 12.4. The van der Waals surface area contributed by atoms with Crippen LogP contribution in [0.1, 0.15) is 23.2 Å². The first-order chi connectivity index (χ1) is 14.9. The maximum Gasteiger partial charge on any atom is 0.229 e. The molecule has 5 atom stereocenters. The summed E-state index contributed by atoms with van der Waals surface area (Å²) in [7, 11) is 3.26. The Bertz CT molecular complexity index is 1260. The molecule has 31 heavy (non-hydrogen) atoms. The number of aliphatic hydroxyl groups is 2. The number of carbonyl (C=O) groups is 1. The Labute approximate surface area is 186 Å². The normalized spacial score (nSPS) is 28.7. The Morgan fingerprint density at radius 3 is 2.81 bits per heavy atom. The van der Waals surface area contributed by atoms with Crippen LogP contribution in [0.15, 0.2) is 18.5 Å². The van der Waals surface area contributed by atoms with Gasteiger partial charge in [-0.05, 0) is 30.4 Å². The quantitative estimate of drug-likeness (QED) is 0.432. The predicted octanol–water partition coefficient (Wildman–Crippen LogP) is 1.01. The van der Waals surface area contributed by atoms with Crippen LogP contribution < -0.4 is 10.6 Å². The number of anilines is 1. The zero-order chi connectivity index (χ0) is 21.9. The van der Waals surface area contributed by atoms with Crippen LogP contribution in [0.2, 0.25) is 4.34 Å². The van der Waals surface area contributed by atoms with Gasteiger partial charge in [-0.15, -0.1) is 11.3 Å². The molecule has 0 aromatic carbocycles. The Balaban J connectivity index is 1.58. The van der Waals surface area contributed by atoms with Gasteiger partial charge in [-0.3, -0.25) is 4.79 Å². The average Bonchev–Trinajstić information content (AvgIpc) is 3.02. The van der Waals surface area contributed by atoms with Gasteiger partial charge < -0.3 is 25.4 Å². The molecule has 4 N–H and O–H groups in total. The van der Waals surface area contributed by atoms with Crippen molar-refractivity contribution in [1.82, 2.24) is 24.8 Å². The van der Waals surface area contributed by atoms with Crippen molar-refractivity contribution in [3.8, 4) is 11.8 Å². The van der Waals surface area contributed by atoms with Crippen molar-refractivity contribution in [3.05, 3.63) is 33.5 Å². The molecular weight excluding hydrogens is 440 g/mol. The van der Waals surface area contributed by atoms with E-state index < -0.39 is 23.7 Å². The SMILES string of the molecule is CNC(=O)[C@]12CC1[C@@H](n1cnc3c(NC)nc(C#Cc4ccc(Cl)s4)nc31)[C@H](O)C2O. The zero-order valence-corrected chi connectivity index (χ0v) is 18.2. The summed E-state index contributed by atoms with van der Waals surface area (Å²) < 4.78 is 2.37. The molecule has 9 nitrogen and oxygen atoms in total. The van der Waals surface area contributed by atoms with E-state index in [2.05, 4.69) is 37.4 Å². The lowest BCUT2D eigenvalue weighted by molar-refractivity contribution is -0.132. The number of aromatic nitrogens is 4. The molecule has 2 aliphatic rings. The van der Waals surface area contributed by atoms with E-state index in [0.717, 1.165) is 4.88 Å². The van der Waals surface area contributed by atoms with Gasteiger partial charge in [0.1, 0.15) is 6.10 Å². The first-order valence-electron chi connectivity index (χ1n) is 9.68. The van der Waals surface area contributed by atoms with Crippen LogP contribution in [0.3, 0.4) is 0 Å². The van der Waals surface area contributed by atoms with Crippen LogP contribution in [0, 0.1) is 23.2 Å². The fraction of sp³-hybridized carbons (Fsp3) is 0.400. The lowest BCUT2D eigenvalue weighted by Crippen LogP contribution is -2.41. The van der Waals surface area contributed by atoms with Gasteiger partial charge >= 0.3 is 0 Å². The van der Waals surface area contributed by atoms with Crippen LogP contribution in [-0.2, 0) is 4.79 Å². The van der Waals surface area contributed by atoms with E-state index in [0.29, 0.717) is 27.7 Å². The molecule has 0 saturated heterocycles. The van der Waals surface area contributed by atoms with Gasteiger partial charge in [0.2, 0.25) is 11.7 Å². The van der Waals surface area contributed by atoms with Crippen LogP contribution >= 0.6 is 22.9 Å². The van der Waals surface area contributed by atoms with Crippen molar-refractivity contribution < 1.29 is 15.0 Å². The fourth-order valence-corrected chi connectivity index (χ4v) is 5.55. The summed E-state index contributed by atoms with van der Waals surface area (Å²) >= 11 is 7.32. The van der Waals surface area contributed by atoms with Gasteiger partial charge in [-0.25, -0.2) is 15.0 Å². The van der Waals surface area contributed by atoms with Gasteiger partial charge in [0, 0.05) is 20.0 Å². The van der Waals surface area contributed by atoms with Gasteiger partial charge in [0.05, 0.1) is 33.1 Å². The molecule has 0 aliphatic heterocycles. The van der Waals surface area contributed by atoms with Crippen molar-refractivity contribution in [2.24, 2.45) is 11.3 Å². The molecule has 11 heteroatoms. The van der Waals surface area contributed by atoms with E-state index >= 15 is 0 Å². The standard InChI is InChI=1S/C20H19ClN6O3S/c1-22-17-13-18(26-12(25-17)6-4-9-3-5-11(21)31-9)27(8-24-13)14-10-7-20(10,19(30)23-2)16(29)15(14)28/h3,5,8,10,14-16,28-29H,7H2,1-2H3,(H,23,30)(H,22,25,26)/t10?,14-,15+,16?,20-/m1/s1. The number of fused-ring (bicyclic) bond motifs is 2. The molecule has 3 aromatic heterocycles. The molecule has 2 aliphatic carbocycles. The molecule has 160 valence electrons. The minimum absolute atomic E-state index is 0.217. The molecule has 2 fully saturated rings. The lowest BCUT2D eigenvalue weighted by atomic mass is 9.98. The Hall–Kier alpha value is -2.71. The van der Waals surface area contributed by atoms with Crippen molar-refractivity contribution >= 4 is 45.8 Å². The number of hydrogen-bond acceptors (Lipinski definition) is 8. The Morgan fingerprint density at radius 2 is 2.13 bits per heavy atom. The second-order valence-corrected chi connectivity index (χ2v) is 9.39. The highest BCUT2D eigenvalue weighted by Crippen LogP contribution is 2.67. The summed E-state index contributed by atoms with van der Waals surface area (Å²) in [6.07, 6.45) is -0.224. The number of hydrogen-bond donors (Lipinski definition) is 4. The molecule has 0 spiro atoms. The summed E-state index contributed by atoms with van der Waals surface area (Å²) in [6, 6.07) is 3.06.